The SMILES string of the molecule is CCN(CC1CC1)c1ccc(C)cc1CNC(C)C. The molecule has 0 spiro atoms. The van der Waals surface area contributed by atoms with E-state index in [1.54, 1.807) is 0 Å². The molecule has 1 aromatic rings. The van der Waals surface area contributed by atoms with Crippen molar-refractivity contribution < 1.29 is 0 Å². The zero-order valence-electron chi connectivity index (χ0n) is 12.9. The third kappa shape index (κ3) is 4.24. The van der Waals surface area contributed by atoms with Crippen molar-refractivity contribution in [2.24, 2.45) is 5.92 Å². The van der Waals surface area contributed by atoms with Crippen molar-refractivity contribution in [2.45, 2.75) is 53.1 Å². The third-order valence-corrected chi connectivity index (χ3v) is 3.83. The number of hydrogen-bond acceptors (Lipinski definition) is 2. The smallest absolute Gasteiger partial charge is 0.0412 e. The number of nitrogens with zero attached hydrogens (tertiary/aromatic N) is 1. The summed E-state index contributed by atoms with van der Waals surface area (Å²) in [5, 5.41) is 3.55. The molecule has 1 aliphatic carbocycles. The molecule has 0 radical (unpaired) electrons. The summed E-state index contributed by atoms with van der Waals surface area (Å²) in [4.78, 5) is 2.55. The first-order valence-corrected chi connectivity index (χ1v) is 7.68. The van der Waals surface area contributed by atoms with Crippen LogP contribution in [0.3, 0.4) is 0 Å². The third-order valence-electron chi connectivity index (χ3n) is 3.83. The maximum Gasteiger partial charge on any atom is 0.0412 e. The molecule has 2 rings (SSSR count). The van der Waals surface area contributed by atoms with Gasteiger partial charge in [-0.2, -0.15) is 0 Å². The van der Waals surface area contributed by atoms with Crippen molar-refractivity contribution >= 4 is 5.69 Å². The van der Waals surface area contributed by atoms with Gasteiger partial charge in [0.25, 0.3) is 0 Å². The highest BCUT2D eigenvalue weighted by molar-refractivity contribution is 5.55. The van der Waals surface area contributed by atoms with E-state index in [1.165, 1.54) is 36.2 Å². The molecule has 0 atom stereocenters. The highest BCUT2D eigenvalue weighted by atomic mass is 15.1. The number of benzene rings is 1. The summed E-state index contributed by atoms with van der Waals surface area (Å²) in [6.45, 7) is 12.2. The van der Waals surface area contributed by atoms with Crippen LogP contribution in [0.4, 0.5) is 5.69 Å². The first-order valence-electron chi connectivity index (χ1n) is 7.68. The maximum absolute atomic E-state index is 3.55. The van der Waals surface area contributed by atoms with E-state index < -0.39 is 0 Å². The Morgan fingerprint density at radius 1 is 1.32 bits per heavy atom. The van der Waals surface area contributed by atoms with Crippen molar-refractivity contribution in [3.8, 4) is 0 Å². The van der Waals surface area contributed by atoms with Crippen molar-refractivity contribution in [1.29, 1.82) is 0 Å². The van der Waals surface area contributed by atoms with Gasteiger partial charge in [0.05, 0.1) is 0 Å². The lowest BCUT2D eigenvalue weighted by atomic mass is 10.1. The average molecular weight is 260 g/mol. The van der Waals surface area contributed by atoms with E-state index in [2.05, 4.69) is 56.1 Å². The van der Waals surface area contributed by atoms with Gasteiger partial charge in [0.2, 0.25) is 0 Å². The zero-order chi connectivity index (χ0) is 13.8. The van der Waals surface area contributed by atoms with Crippen molar-refractivity contribution in [2.75, 3.05) is 18.0 Å². The lowest BCUT2D eigenvalue weighted by Gasteiger charge is -2.26. The summed E-state index contributed by atoms with van der Waals surface area (Å²) < 4.78 is 0. The fourth-order valence-electron chi connectivity index (χ4n) is 2.49. The fraction of sp³-hybridized carbons (Fsp3) is 0.647. The Morgan fingerprint density at radius 3 is 2.63 bits per heavy atom. The van der Waals surface area contributed by atoms with E-state index >= 15 is 0 Å². The minimum Gasteiger partial charge on any atom is -0.371 e. The van der Waals surface area contributed by atoms with Crippen LogP contribution in [0.5, 0.6) is 0 Å². The Hall–Kier alpha value is -1.02. The molecule has 0 heterocycles. The van der Waals surface area contributed by atoms with E-state index in [0.29, 0.717) is 6.04 Å². The second-order valence-corrected chi connectivity index (χ2v) is 6.15. The average Bonchev–Trinajstić information content (AvgIpc) is 3.18. The molecule has 2 nitrogen and oxygen atoms in total. The summed E-state index contributed by atoms with van der Waals surface area (Å²) in [5.41, 5.74) is 4.22. The largest absolute Gasteiger partial charge is 0.371 e. The maximum atomic E-state index is 3.55. The summed E-state index contributed by atoms with van der Waals surface area (Å²) in [6, 6.07) is 7.41. The Labute approximate surface area is 118 Å². The molecule has 0 bridgehead atoms. The van der Waals surface area contributed by atoms with Crippen molar-refractivity contribution in [1.82, 2.24) is 5.32 Å². The predicted octanol–water partition coefficient (Wildman–Crippen LogP) is 3.73. The van der Waals surface area contributed by atoms with Crippen LogP contribution in [0.15, 0.2) is 18.2 Å². The lowest BCUT2D eigenvalue weighted by molar-refractivity contribution is 0.587. The second kappa shape index (κ2) is 6.42. The van der Waals surface area contributed by atoms with Gasteiger partial charge >= 0.3 is 0 Å². The topological polar surface area (TPSA) is 15.3 Å². The van der Waals surface area contributed by atoms with Gasteiger partial charge in [-0.05, 0) is 44.2 Å². The van der Waals surface area contributed by atoms with Gasteiger partial charge in [-0.25, -0.2) is 0 Å². The first-order chi connectivity index (χ1) is 9.10. The molecule has 1 fully saturated rings. The molecule has 19 heavy (non-hydrogen) atoms. The van der Waals surface area contributed by atoms with E-state index in [1.807, 2.05) is 0 Å². The fourth-order valence-corrected chi connectivity index (χ4v) is 2.49. The molecule has 1 saturated carbocycles. The number of rotatable bonds is 7. The zero-order valence-corrected chi connectivity index (χ0v) is 12.9. The summed E-state index contributed by atoms with van der Waals surface area (Å²) in [7, 11) is 0. The Kier molecular flexibility index (Phi) is 4.87. The molecule has 1 aliphatic rings. The number of hydrogen-bond donors (Lipinski definition) is 1. The molecule has 0 amide bonds. The molecule has 2 heteroatoms. The highest BCUT2D eigenvalue weighted by Gasteiger charge is 2.24. The van der Waals surface area contributed by atoms with Crippen LogP contribution in [-0.2, 0) is 6.54 Å². The Morgan fingerprint density at radius 2 is 2.05 bits per heavy atom. The standard InChI is InChI=1S/C17H28N2/c1-5-19(12-15-7-8-15)17-9-6-14(4)10-16(17)11-18-13(2)3/h6,9-10,13,15,18H,5,7-8,11-12H2,1-4H3. The summed E-state index contributed by atoms with van der Waals surface area (Å²) >= 11 is 0. The van der Waals surface area contributed by atoms with Gasteiger partial charge in [-0.15, -0.1) is 0 Å². The monoisotopic (exact) mass is 260 g/mol. The van der Waals surface area contributed by atoms with Crippen molar-refractivity contribution in [3.63, 3.8) is 0 Å². The molecule has 106 valence electrons. The molecule has 0 aliphatic heterocycles. The second-order valence-electron chi connectivity index (χ2n) is 6.15. The minimum absolute atomic E-state index is 0.534. The van der Waals surface area contributed by atoms with Crippen LogP contribution in [0.2, 0.25) is 0 Å². The van der Waals surface area contributed by atoms with Gasteiger partial charge in [-0.1, -0.05) is 31.5 Å². The molecule has 0 aromatic heterocycles. The first kappa shape index (κ1) is 14.4. The number of aryl methyl sites for hydroxylation is 1. The van der Waals surface area contributed by atoms with Crippen LogP contribution in [0, 0.1) is 12.8 Å². The number of anilines is 1. The van der Waals surface area contributed by atoms with Gasteiger partial charge in [0, 0.05) is 31.4 Å². The van der Waals surface area contributed by atoms with Crippen LogP contribution in [-0.4, -0.2) is 19.1 Å². The number of nitrogens with one attached hydrogen (secondary N) is 1. The Balaban J connectivity index is 2.15. The van der Waals surface area contributed by atoms with E-state index in [0.717, 1.165) is 19.0 Å². The predicted molar refractivity (Wildman–Crippen MR) is 83.8 cm³/mol. The Bertz CT molecular complexity index is 408. The van der Waals surface area contributed by atoms with Gasteiger partial charge in [0.1, 0.15) is 0 Å². The molecule has 1 aromatic carbocycles. The molecule has 0 saturated heterocycles. The van der Waals surface area contributed by atoms with E-state index in [9.17, 15) is 0 Å². The molecular weight excluding hydrogens is 232 g/mol. The van der Waals surface area contributed by atoms with Crippen LogP contribution in [0.1, 0.15) is 44.7 Å². The van der Waals surface area contributed by atoms with E-state index in [-0.39, 0.29) is 0 Å². The van der Waals surface area contributed by atoms with Gasteiger partial charge in [0.15, 0.2) is 0 Å². The van der Waals surface area contributed by atoms with E-state index in [4.69, 9.17) is 0 Å². The lowest BCUT2D eigenvalue weighted by Crippen LogP contribution is -2.28. The molecule has 0 unspecified atom stereocenters. The van der Waals surface area contributed by atoms with Crippen LogP contribution in [0.25, 0.3) is 0 Å². The molecular formula is C17H28N2. The van der Waals surface area contributed by atoms with Crippen LogP contribution >= 0.6 is 0 Å². The van der Waals surface area contributed by atoms with Crippen molar-refractivity contribution in [3.05, 3.63) is 29.3 Å². The van der Waals surface area contributed by atoms with Crippen LogP contribution < -0.4 is 10.2 Å². The molecule has 1 N–H and O–H groups in total. The quantitative estimate of drug-likeness (QED) is 0.803. The normalized spacial score (nSPS) is 15.0. The highest BCUT2D eigenvalue weighted by Crippen LogP contribution is 2.32. The summed E-state index contributed by atoms with van der Waals surface area (Å²) in [5.74, 6) is 0.937. The van der Waals surface area contributed by atoms with Gasteiger partial charge < -0.3 is 10.2 Å². The van der Waals surface area contributed by atoms with Gasteiger partial charge in [-0.3, -0.25) is 0 Å². The minimum atomic E-state index is 0.534. The summed E-state index contributed by atoms with van der Waals surface area (Å²) in [6.07, 6.45) is 2.84.